The maximum atomic E-state index is 12.7. The molecule has 3 aromatic rings. The first-order chi connectivity index (χ1) is 11.7. The summed E-state index contributed by atoms with van der Waals surface area (Å²) in [6, 6.07) is 13.9. The molecule has 0 unspecified atom stereocenters. The number of fused-ring (bicyclic) bond motifs is 2. The highest BCUT2D eigenvalue weighted by Crippen LogP contribution is 2.19. The van der Waals surface area contributed by atoms with Crippen LogP contribution < -0.4 is 10.3 Å². The Kier molecular flexibility index (Phi) is 3.78. The molecule has 0 bridgehead atoms. The van der Waals surface area contributed by atoms with E-state index in [1.165, 1.54) is 11.1 Å². The van der Waals surface area contributed by atoms with Crippen LogP contribution in [-0.2, 0) is 19.6 Å². The van der Waals surface area contributed by atoms with E-state index in [-0.39, 0.29) is 5.56 Å². The molecule has 122 valence electrons. The first-order valence-electron chi connectivity index (χ1n) is 8.07. The van der Waals surface area contributed by atoms with Gasteiger partial charge in [0.1, 0.15) is 5.75 Å². The molecule has 1 aliphatic rings. The predicted molar refractivity (Wildman–Crippen MR) is 93.1 cm³/mol. The molecule has 0 fully saturated rings. The van der Waals surface area contributed by atoms with Gasteiger partial charge in [0.05, 0.1) is 31.0 Å². The summed E-state index contributed by atoms with van der Waals surface area (Å²) in [6.07, 6.45) is 2.65. The minimum absolute atomic E-state index is 0.0125. The zero-order valence-corrected chi connectivity index (χ0v) is 13.6. The van der Waals surface area contributed by atoms with Crippen LogP contribution in [0.4, 0.5) is 0 Å². The van der Waals surface area contributed by atoms with Crippen LogP contribution in [0.5, 0.6) is 5.75 Å². The van der Waals surface area contributed by atoms with Gasteiger partial charge in [0.2, 0.25) is 0 Å². The van der Waals surface area contributed by atoms with Crippen molar-refractivity contribution in [2.45, 2.75) is 19.6 Å². The van der Waals surface area contributed by atoms with E-state index >= 15 is 0 Å². The van der Waals surface area contributed by atoms with Gasteiger partial charge in [-0.25, -0.2) is 4.98 Å². The van der Waals surface area contributed by atoms with E-state index in [0.29, 0.717) is 23.3 Å². The Morgan fingerprint density at radius 3 is 2.83 bits per heavy atom. The van der Waals surface area contributed by atoms with Gasteiger partial charge < -0.3 is 4.74 Å². The van der Waals surface area contributed by atoms with Gasteiger partial charge in [-0.2, -0.15) is 0 Å². The average molecular weight is 321 g/mol. The fourth-order valence-corrected chi connectivity index (χ4v) is 3.26. The number of benzene rings is 2. The number of methoxy groups -OCH3 is 1. The van der Waals surface area contributed by atoms with E-state index in [2.05, 4.69) is 34.1 Å². The second-order valence-electron chi connectivity index (χ2n) is 6.12. The third kappa shape index (κ3) is 2.67. The molecule has 0 spiro atoms. The Morgan fingerprint density at radius 2 is 2.00 bits per heavy atom. The van der Waals surface area contributed by atoms with Gasteiger partial charge in [-0.15, -0.1) is 0 Å². The molecule has 0 saturated heterocycles. The van der Waals surface area contributed by atoms with Crippen LogP contribution in [0.1, 0.15) is 11.1 Å². The minimum atomic E-state index is -0.0125. The summed E-state index contributed by atoms with van der Waals surface area (Å²) < 4.78 is 6.87. The summed E-state index contributed by atoms with van der Waals surface area (Å²) in [7, 11) is 1.61. The first kappa shape index (κ1) is 14.9. The summed E-state index contributed by atoms with van der Waals surface area (Å²) in [5.74, 6) is 0.708. The van der Waals surface area contributed by atoms with E-state index < -0.39 is 0 Å². The van der Waals surface area contributed by atoms with Gasteiger partial charge >= 0.3 is 0 Å². The Balaban J connectivity index is 1.61. The second-order valence-corrected chi connectivity index (χ2v) is 6.12. The van der Waals surface area contributed by atoms with Crippen molar-refractivity contribution in [3.8, 4) is 5.75 Å². The smallest absolute Gasteiger partial charge is 0.262 e. The molecule has 4 rings (SSSR count). The van der Waals surface area contributed by atoms with Crippen molar-refractivity contribution < 1.29 is 4.74 Å². The average Bonchev–Trinajstić information content (AvgIpc) is 2.63. The van der Waals surface area contributed by atoms with Gasteiger partial charge in [0.15, 0.2) is 0 Å². The third-order valence-electron chi connectivity index (χ3n) is 4.59. The molecule has 5 nitrogen and oxygen atoms in total. The summed E-state index contributed by atoms with van der Waals surface area (Å²) >= 11 is 0. The highest BCUT2D eigenvalue weighted by Gasteiger charge is 2.16. The monoisotopic (exact) mass is 321 g/mol. The summed E-state index contributed by atoms with van der Waals surface area (Å²) in [5.41, 5.74) is 3.40. The molecule has 1 aromatic heterocycles. The molecular weight excluding hydrogens is 302 g/mol. The molecule has 2 heterocycles. The van der Waals surface area contributed by atoms with E-state index in [4.69, 9.17) is 4.74 Å². The van der Waals surface area contributed by atoms with Crippen molar-refractivity contribution in [2.24, 2.45) is 0 Å². The molecule has 0 radical (unpaired) electrons. The normalized spacial score (nSPS) is 14.5. The van der Waals surface area contributed by atoms with Crippen LogP contribution in [-0.4, -0.2) is 28.1 Å². The molecular formula is C19H19N3O2. The highest BCUT2D eigenvalue weighted by molar-refractivity contribution is 5.78. The number of hydrogen-bond donors (Lipinski definition) is 0. The topological polar surface area (TPSA) is 47.4 Å². The maximum absolute atomic E-state index is 12.7. The lowest BCUT2D eigenvalue weighted by Gasteiger charge is -2.29. The van der Waals surface area contributed by atoms with Gasteiger partial charge in [-0.3, -0.25) is 14.3 Å². The van der Waals surface area contributed by atoms with Gasteiger partial charge in [-0.05, 0) is 29.7 Å². The van der Waals surface area contributed by atoms with Gasteiger partial charge in [0.25, 0.3) is 5.56 Å². The molecule has 1 aliphatic heterocycles. The first-order valence-corrected chi connectivity index (χ1v) is 8.07. The molecule has 2 aromatic carbocycles. The number of hydrogen-bond acceptors (Lipinski definition) is 4. The lowest BCUT2D eigenvalue weighted by Crippen LogP contribution is -2.36. The zero-order chi connectivity index (χ0) is 16.5. The lowest BCUT2D eigenvalue weighted by atomic mass is 10.0. The molecule has 0 N–H and O–H groups in total. The summed E-state index contributed by atoms with van der Waals surface area (Å²) in [6.45, 7) is 2.37. The number of rotatable bonds is 3. The summed E-state index contributed by atoms with van der Waals surface area (Å²) in [4.78, 5) is 19.4. The van der Waals surface area contributed by atoms with Gasteiger partial charge in [-0.1, -0.05) is 24.3 Å². The van der Waals surface area contributed by atoms with Crippen LogP contribution in [0.3, 0.4) is 0 Å². The molecule has 0 atom stereocenters. The largest absolute Gasteiger partial charge is 0.497 e. The van der Waals surface area contributed by atoms with Crippen molar-refractivity contribution >= 4 is 10.9 Å². The Labute approximate surface area is 140 Å². The molecule has 5 heteroatoms. The SMILES string of the molecule is COc1ccc2c(=O)n(CN3CCc4ccccc4C3)cnc2c1. The Bertz CT molecular complexity index is 949. The lowest BCUT2D eigenvalue weighted by molar-refractivity contribution is 0.197. The van der Waals surface area contributed by atoms with Crippen LogP contribution in [0.25, 0.3) is 10.9 Å². The maximum Gasteiger partial charge on any atom is 0.262 e. The molecule has 0 saturated carbocycles. The van der Waals surface area contributed by atoms with E-state index in [1.807, 2.05) is 0 Å². The fraction of sp³-hybridized carbons (Fsp3) is 0.263. The van der Waals surface area contributed by atoms with Crippen LogP contribution >= 0.6 is 0 Å². The standard InChI is InChI=1S/C19H19N3O2/c1-24-16-6-7-17-18(10-16)20-12-22(19(17)23)13-21-9-8-14-4-2-3-5-15(14)11-21/h2-7,10,12H,8-9,11,13H2,1H3. The van der Waals surface area contributed by atoms with Crippen LogP contribution in [0, 0.1) is 0 Å². The van der Waals surface area contributed by atoms with Gasteiger partial charge in [0, 0.05) is 19.2 Å². The second kappa shape index (κ2) is 6.09. The van der Waals surface area contributed by atoms with E-state index in [9.17, 15) is 4.79 Å². The Morgan fingerprint density at radius 1 is 1.17 bits per heavy atom. The van der Waals surface area contributed by atoms with Crippen molar-refractivity contribution in [3.05, 3.63) is 70.3 Å². The van der Waals surface area contributed by atoms with E-state index in [1.54, 1.807) is 36.2 Å². The number of aromatic nitrogens is 2. The molecule has 0 aliphatic carbocycles. The van der Waals surface area contributed by atoms with E-state index in [0.717, 1.165) is 19.5 Å². The van der Waals surface area contributed by atoms with Crippen molar-refractivity contribution in [1.29, 1.82) is 0 Å². The highest BCUT2D eigenvalue weighted by atomic mass is 16.5. The fourth-order valence-electron chi connectivity index (χ4n) is 3.26. The number of nitrogens with zero attached hydrogens (tertiary/aromatic N) is 3. The van der Waals surface area contributed by atoms with Crippen LogP contribution in [0.2, 0.25) is 0 Å². The predicted octanol–water partition coefficient (Wildman–Crippen LogP) is 2.42. The summed E-state index contributed by atoms with van der Waals surface area (Å²) in [5, 5.41) is 0.621. The van der Waals surface area contributed by atoms with Crippen molar-refractivity contribution in [2.75, 3.05) is 13.7 Å². The number of ether oxygens (including phenoxy) is 1. The van der Waals surface area contributed by atoms with Crippen molar-refractivity contribution in [1.82, 2.24) is 14.5 Å². The van der Waals surface area contributed by atoms with Crippen molar-refractivity contribution in [3.63, 3.8) is 0 Å². The van der Waals surface area contributed by atoms with Crippen LogP contribution in [0.15, 0.2) is 53.6 Å². The molecule has 0 amide bonds. The molecule has 24 heavy (non-hydrogen) atoms. The zero-order valence-electron chi connectivity index (χ0n) is 13.6. The minimum Gasteiger partial charge on any atom is -0.497 e. The third-order valence-corrected chi connectivity index (χ3v) is 4.59. The quantitative estimate of drug-likeness (QED) is 0.743. The Hall–Kier alpha value is -2.66.